The van der Waals surface area contributed by atoms with Crippen LogP contribution in [0, 0.1) is 6.92 Å². The lowest BCUT2D eigenvalue weighted by atomic mass is 10.2. The van der Waals surface area contributed by atoms with Gasteiger partial charge in [0.25, 0.3) is 5.91 Å². The van der Waals surface area contributed by atoms with Crippen LogP contribution in [0.5, 0.6) is 0 Å². The van der Waals surface area contributed by atoms with Crippen molar-refractivity contribution < 1.29 is 4.79 Å². The van der Waals surface area contributed by atoms with Crippen molar-refractivity contribution in [3.8, 4) is 0 Å². The maximum Gasteiger partial charge on any atom is 0.251 e. The molecule has 0 bridgehead atoms. The summed E-state index contributed by atoms with van der Waals surface area (Å²) in [6, 6.07) is 11.4. The molecule has 1 aromatic heterocycles. The summed E-state index contributed by atoms with van der Waals surface area (Å²) in [7, 11) is 2.00. The van der Waals surface area contributed by atoms with E-state index in [4.69, 9.17) is 0 Å². The molecule has 0 aliphatic heterocycles. The van der Waals surface area contributed by atoms with E-state index in [2.05, 4.69) is 25.8 Å². The Morgan fingerprint density at radius 1 is 1.33 bits per heavy atom. The fraction of sp³-hybridized carbons (Fsp3) is 0.214. The number of rotatable bonds is 3. The van der Waals surface area contributed by atoms with E-state index in [0.29, 0.717) is 12.1 Å². The number of aromatic nitrogens is 1. The highest BCUT2D eigenvalue weighted by molar-refractivity contribution is 9.10. The van der Waals surface area contributed by atoms with Gasteiger partial charge in [0.05, 0.1) is 6.54 Å². The van der Waals surface area contributed by atoms with Gasteiger partial charge >= 0.3 is 0 Å². The van der Waals surface area contributed by atoms with Crippen LogP contribution in [-0.2, 0) is 13.6 Å². The lowest BCUT2D eigenvalue weighted by Crippen LogP contribution is -2.23. The average molecular weight is 307 g/mol. The number of halogens is 1. The predicted octanol–water partition coefficient (Wildman–Crippen LogP) is 3.03. The van der Waals surface area contributed by atoms with Gasteiger partial charge in [-0.3, -0.25) is 4.79 Å². The monoisotopic (exact) mass is 306 g/mol. The van der Waals surface area contributed by atoms with Gasteiger partial charge in [-0.1, -0.05) is 22.0 Å². The summed E-state index contributed by atoms with van der Waals surface area (Å²) in [5.74, 6) is -0.0600. The quantitative estimate of drug-likeness (QED) is 0.929. The van der Waals surface area contributed by atoms with Crippen LogP contribution < -0.4 is 5.32 Å². The molecule has 94 valence electrons. The number of nitrogens with zero attached hydrogens (tertiary/aromatic N) is 1. The average Bonchev–Trinajstić information content (AvgIpc) is 2.67. The Morgan fingerprint density at radius 3 is 2.72 bits per heavy atom. The Balaban J connectivity index is 2.03. The molecule has 0 fully saturated rings. The van der Waals surface area contributed by atoms with Crippen molar-refractivity contribution in [1.29, 1.82) is 0 Å². The minimum atomic E-state index is -0.0600. The molecule has 1 N–H and O–H groups in total. The molecule has 4 heteroatoms. The third-order valence-electron chi connectivity index (χ3n) is 2.99. The zero-order valence-corrected chi connectivity index (χ0v) is 12.0. The SMILES string of the molecule is Cc1ccc(CNC(=O)c2cccc(Br)c2)n1C. The van der Waals surface area contributed by atoms with Crippen LogP contribution in [0.25, 0.3) is 0 Å². The van der Waals surface area contributed by atoms with E-state index >= 15 is 0 Å². The standard InChI is InChI=1S/C14H15BrN2O/c1-10-6-7-13(17(10)2)9-16-14(18)11-4-3-5-12(15)8-11/h3-8H,9H2,1-2H3,(H,16,18). The molecular weight excluding hydrogens is 292 g/mol. The first-order chi connectivity index (χ1) is 8.58. The second kappa shape index (κ2) is 5.40. The minimum absolute atomic E-state index is 0.0600. The topological polar surface area (TPSA) is 34.0 Å². The second-order valence-electron chi connectivity index (χ2n) is 4.22. The van der Waals surface area contributed by atoms with E-state index in [1.54, 1.807) is 6.07 Å². The van der Waals surface area contributed by atoms with Gasteiger partial charge in [-0.05, 0) is 37.3 Å². The molecule has 1 heterocycles. The van der Waals surface area contributed by atoms with Crippen LogP contribution >= 0.6 is 15.9 Å². The van der Waals surface area contributed by atoms with E-state index < -0.39 is 0 Å². The van der Waals surface area contributed by atoms with Gasteiger partial charge in [0.1, 0.15) is 0 Å². The van der Waals surface area contributed by atoms with E-state index in [-0.39, 0.29) is 5.91 Å². The lowest BCUT2D eigenvalue weighted by molar-refractivity contribution is 0.0950. The van der Waals surface area contributed by atoms with Gasteiger partial charge in [-0.25, -0.2) is 0 Å². The molecule has 18 heavy (non-hydrogen) atoms. The number of benzene rings is 1. The summed E-state index contributed by atoms with van der Waals surface area (Å²) in [4.78, 5) is 11.9. The van der Waals surface area contributed by atoms with Crippen LogP contribution in [0.1, 0.15) is 21.7 Å². The number of amides is 1. The Labute approximate surface area is 115 Å². The summed E-state index contributed by atoms with van der Waals surface area (Å²) in [5.41, 5.74) is 2.94. The fourth-order valence-corrected chi connectivity index (χ4v) is 2.15. The highest BCUT2D eigenvalue weighted by Crippen LogP contribution is 2.12. The first-order valence-corrected chi connectivity index (χ1v) is 6.52. The van der Waals surface area contributed by atoms with Crippen LogP contribution in [0.15, 0.2) is 40.9 Å². The molecule has 0 atom stereocenters. The summed E-state index contributed by atoms with van der Waals surface area (Å²) in [5, 5.41) is 2.92. The first-order valence-electron chi connectivity index (χ1n) is 5.73. The Bertz CT molecular complexity index is 575. The van der Waals surface area contributed by atoms with Crippen LogP contribution in [0.2, 0.25) is 0 Å². The number of carbonyl (C=O) groups excluding carboxylic acids is 1. The second-order valence-corrected chi connectivity index (χ2v) is 5.13. The smallest absolute Gasteiger partial charge is 0.251 e. The molecule has 0 aliphatic carbocycles. The molecule has 0 saturated heterocycles. The minimum Gasteiger partial charge on any atom is -0.350 e. The molecule has 0 saturated carbocycles. The van der Waals surface area contributed by atoms with Crippen molar-refractivity contribution in [3.63, 3.8) is 0 Å². The van der Waals surface area contributed by atoms with Crippen LogP contribution in [-0.4, -0.2) is 10.5 Å². The molecule has 0 radical (unpaired) electrons. The van der Waals surface area contributed by atoms with Gasteiger partial charge in [0.2, 0.25) is 0 Å². The molecule has 2 aromatic rings. The van der Waals surface area contributed by atoms with E-state index in [1.165, 1.54) is 5.69 Å². The molecule has 0 unspecified atom stereocenters. The van der Waals surface area contributed by atoms with Crippen molar-refractivity contribution in [2.75, 3.05) is 0 Å². The van der Waals surface area contributed by atoms with Gasteiger partial charge in [-0.15, -0.1) is 0 Å². The number of nitrogens with one attached hydrogen (secondary N) is 1. The van der Waals surface area contributed by atoms with E-state index in [1.807, 2.05) is 44.3 Å². The maximum atomic E-state index is 11.9. The Hall–Kier alpha value is -1.55. The summed E-state index contributed by atoms with van der Waals surface area (Å²) in [6.45, 7) is 2.58. The number of carbonyl (C=O) groups is 1. The van der Waals surface area contributed by atoms with Gasteiger partial charge < -0.3 is 9.88 Å². The molecular formula is C14H15BrN2O. The fourth-order valence-electron chi connectivity index (χ4n) is 1.75. The highest BCUT2D eigenvalue weighted by atomic mass is 79.9. The van der Waals surface area contributed by atoms with Crippen molar-refractivity contribution in [2.45, 2.75) is 13.5 Å². The van der Waals surface area contributed by atoms with Crippen molar-refractivity contribution in [3.05, 3.63) is 57.8 Å². The van der Waals surface area contributed by atoms with Gasteiger partial charge in [0.15, 0.2) is 0 Å². The third kappa shape index (κ3) is 2.82. The number of hydrogen-bond donors (Lipinski definition) is 1. The highest BCUT2D eigenvalue weighted by Gasteiger charge is 2.07. The van der Waals surface area contributed by atoms with Crippen LogP contribution in [0.3, 0.4) is 0 Å². The number of aryl methyl sites for hydroxylation is 1. The molecule has 1 amide bonds. The van der Waals surface area contributed by atoms with Crippen molar-refractivity contribution in [2.24, 2.45) is 7.05 Å². The first kappa shape index (κ1) is 12.9. The van der Waals surface area contributed by atoms with Gasteiger partial charge in [0, 0.05) is 28.5 Å². The zero-order valence-electron chi connectivity index (χ0n) is 10.4. The zero-order chi connectivity index (χ0) is 13.1. The Kier molecular flexibility index (Phi) is 3.87. The molecule has 1 aromatic carbocycles. The van der Waals surface area contributed by atoms with Gasteiger partial charge in [-0.2, -0.15) is 0 Å². The van der Waals surface area contributed by atoms with Crippen molar-refractivity contribution in [1.82, 2.24) is 9.88 Å². The van der Waals surface area contributed by atoms with E-state index in [9.17, 15) is 4.79 Å². The molecule has 3 nitrogen and oxygen atoms in total. The van der Waals surface area contributed by atoms with Crippen molar-refractivity contribution >= 4 is 21.8 Å². The summed E-state index contributed by atoms with van der Waals surface area (Å²) < 4.78 is 2.98. The summed E-state index contributed by atoms with van der Waals surface area (Å²) in [6.07, 6.45) is 0. The maximum absolute atomic E-state index is 11.9. The largest absolute Gasteiger partial charge is 0.350 e. The Morgan fingerprint density at radius 2 is 2.11 bits per heavy atom. The number of hydrogen-bond acceptors (Lipinski definition) is 1. The normalized spacial score (nSPS) is 10.4. The third-order valence-corrected chi connectivity index (χ3v) is 3.49. The lowest BCUT2D eigenvalue weighted by Gasteiger charge is -2.07. The predicted molar refractivity (Wildman–Crippen MR) is 75.5 cm³/mol. The molecule has 2 rings (SSSR count). The molecule has 0 spiro atoms. The molecule has 0 aliphatic rings. The van der Waals surface area contributed by atoms with Crippen LogP contribution in [0.4, 0.5) is 0 Å². The van der Waals surface area contributed by atoms with E-state index in [0.717, 1.165) is 10.2 Å². The summed E-state index contributed by atoms with van der Waals surface area (Å²) >= 11 is 3.36.